The SMILES string of the molecule is CN(C(=O)CCCOc1ccc2c(c1)CCC(=O)N2C)c1ccco1. The molecule has 2 aromatic rings. The Hall–Kier alpha value is -2.76. The molecular weight excluding hydrogens is 320 g/mol. The molecule has 0 atom stereocenters. The smallest absolute Gasteiger partial charge is 0.229 e. The Morgan fingerprint density at radius 2 is 2.16 bits per heavy atom. The number of carbonyl (C=O) groups is 2. The molecule has 1 aliphatic rings. The van der Waals surface area contributed by atoms with Gasteiger partial charge in [0, 0.05) is 38.7 Å². The molecule has 0 unspecified atom stereocenters. The fourth-order valence-corrected chi connectivity index (χ4v) is 2.89. The van der Waals surface area contributed by atoms with Crippen LogP contribution >= 0.6 is 0 Å². The molecule has 0 spiro atoms. The van der Waals surface area contributed by atoms with E-state index in [1.54, 1.807) is 37.4 Å². The quantitative estimate of drug-likeness (QED) is 0.757. The Morgan fingerprint density at radius 3 is 2.92 bits per heavy atom. The molecule has 0 bridgehead atoms. The summed E-state index contributed by atoms with van der Waals surface area (Å²) >= 11 is 0. The first-order valence-electron chi connectivity index (χ1n) is 8.38. The predicted molar refractivity (Wildman–Crippen MR) is 95.0 cm³/mol. The first-order chi connectivity index (χ1) is 12.1. The molecule has 0 saturated heterocycles. The van der Waals surface area contributed by atoms with Crippen molar-refractivity contribution in [2.75, 3.05) is 30.5 Å². The second-order valence-electron chi connectivity index (χ2n) is 6.10. The van der Waals surface area contributed by atoms with Gasteiger partial charge in [-0.25, -0.2) is 0 Å². The first-order valence-corrected chi connectivity index (χ1v) is 8.38. The van der Waals surface area contributed by atoms with Gasteiger partial charge in [-0.05, 0) is 42.7 Å². The number of rotatable bonds is 6. The monoisotopic (exact) mass is 342 g/mol. The van der Waals surface area contributed by atoms with Gasteiger partial charge in [-0.15, -0.1) is 0 Å². The van der Waals surface area contributed by atoms with Gasteiger partial charge in [-0.1, -0.05) is 0 Å². The minimum atomic E-state index is -0.0101. The number of furan rings is 1. The lowest BCUT2D eigenvalue weighted by Crippen LogP contribution is -2.30. The van der Waals surface area contributed by atoms with E-state index < -0.39 is 0 Å². The van der Waals surface area contributed by atoms with Gasteiger partial charge < -0.3 is 14.1 Å². The van der Waals surface area contributed by atoms with E-state index in [4.69, 9.17) is 9.15 Å². The molecular formula is C19H22N2O4. The zero-order chi connectivity index (χ0) is 17.8. The largest absolute Gasteiger partial charge is 0.494 e. The number of hydrogen-bond acceptors (Lipinski definition) is 4. The molecule has 1 aromatic heterocycles. The van der Waals surface area contributed by atoms with Crippen LogP contribution in [0.3, 0.4) is 0 Å². The number of fused-ring (bicyclic) bond motifs is 1. The van der Waals surface area contributed by atoms with Crippen molar-refractivity contribution in [3.05, 3.63) is 42.2 Å². The van der Waals surface area contributed by atoms with E-state index >= 15 is 0 Å². The topological polar surface area (TPSA) is 63.0 Å². The zero-order valence-electron chi connectivity index (χ0n) is 14.5. The van der Waals surface area contributed by atoms with Crippen molar-refractivity contribution in [3.63, 3.8) is 0 Å². The molecule has 25 heavy (non-hydrogen) atoms. The first kappa shape index (κ1) is 17.1. The van der Waals surface area contributed by atoms with Crippen molar-refractivity contribution in [1.82, 2.24) is 0 Å². The van der Waals surface area contributed by atoms with Crippen LogP contribution in [0, 0.1) is 0 Å². The summed E-state index contributed by atoms with van der Waals surface area (Å²) in [4.78, 5) is 27.0. The minimum Gasteiger partial charge on any atom is -0.494 e. The molecule has 6 heteroatoms. The molecule has 2 heterocycles. The molecule has 1 aliphatic heterocycles. The number of amides is 2. The van der Waals surface area contributed by atoms with Crippen molar-refractivity contribution in [2.45, 2.75) is 25.7 Å². The Bertz CT molecular complexity index is 755. The molecule has 0 fully saturated rings. The van der Waals surface area contributed by atoms with Crippen LogP contribution in [0.15, 0.2) is 41.0 Å². The average molecular weight is 342 g/mol. The molecule has 0 N–H and O–H groups in total. The highest BCUT2D eigenvalue weighted by Crippen LogP contribution is 2.30. The second kappa shape index (κ2) is 7.42. The standard InChI is InChI=1S/C19H22N2O4/c1-20-16-9-8-15(13-14(16)7-10-18(20)23)24-11-3-5-17(22)21(2)19-6-4-12-25-19/h4,6,8-9,12-13H,3,5,7,10-11H2,1-2H3. The second-order valence-corrected chi connectivity index (χ2v) is 6.10. The van der Waals surface area contributed by atoms with Crippen LogP contribution in [-0.2, 0) is 16.0 Å². The van der Waals surface area contributed by atoms with E-state index in [-0.39, 0.29) is 11.8 Å². The van der Waals surface area contributed by atoms with Gasteiger partial charge in [0.15, 0.2) is 0 Å². The lowest BCUT2D eigenvalue weighted by Gasteiger charge is -2.26. The number of hydrogen-bond donors (Lipinski definition) is 0. The van der Waals surface area contributed by atoms with Gasteiger partial charge in [-0.2, -0.15) is 0 Å². The number of benzene rings is 1. The third-order valence-electron chi connectivity index (χ3n) is 4.41. The summed E-state index contributed by atoms with van der Waals surface area (Å²) in [6, 6.07) is 9.27. The maximum atomic E-state index is 12.1. The lowest BCUT2D eigenvalue weighted by molar-refractivity contribution is -0.119. The molecule has 0 saturated carbocycles. The predicted octanol–water partition coefficient (Wildman–Crippen LogP) is 3.01. The highest BCUT2D eigenvalue weighted by atomic mass is 16.5. The highest BCUT2D eigenvalue weighted by molar-refractivity contribution is 5.96. The number of anilines is 2. The summed E-state index contributed by atoms with van der Waals surface area (Å²) in [7, 11) is 3.49. The van der Waals surface area contributed by atoms with Crippen molar-refractivity contribution >= 4 is 23.4 Å². The summed E-state index contributed by atoms with van der Waals surface area (Å²) in [6.45, 7) is 0.464. The number of carbonyl (C=O) groups excluding carboxylic acids is 2. The normalized spacial score (nSPS) is 13.5. The fraction of sp³-hybridized carbons (Fsp3) is 0.368. The van der Waals surface area contributed by atoms with Gasteiger partial charge in [0.2, 0.25) is 17.7 Å². The Balaban J connectivity index is 1.48. The van der Waals surface area contributed by atoms with Crippen LogP contribution in [0.5, 0.6) is 5.75 Å². The average Bonchev–Trinajstić information content (AvgIpc) is 3.15. The van der Waals surface area contributed by atoms with Crippen molar-refractivity contribution in [1.29, 1.82) is 0 Å². The maximum Gasteiger partial charge on any atom is 0.229 e. The maximum absolute atomic E-state index is 12.1. The van der Waals surface area contributed by atoms with Crippen LogP contribution in [0.25, 0.3) is 0 Å². The van der Waals surface area contributed by atoms with Crippen LogP contribution in [0.1, 0.15) is 24.8 Å². The van der Waals surface area contributed by atoms with Crippen LogP contribution in [-0.4, -0.2) is 32.5 Å². The number of nitrogens with zero attached hydrogens (tertiary/aromatic N) is 2. The Morgan fingerprint density at radius 1 is 1.32 bits per heavy atom. The van der Waals surface area contributed by atoms with Crippen LogP contribution in [0.2, 0.25) is 0 Å². The number of ether oxygens (including phenoxy) is 1. The lowest BCUT2D eigenvalue weighted by atomic mass is 10.0. The van der Waals surface area contributed by atoms with Crippen LogP contribution < -0.4 is 14.5 Å². The number of aryl methyl sites for hydroxylation is 1. The summed E-state index contributed by atoms with van der Waals surface area (Å²) in [6.07, 6.45) is 3.82. The van der Waals surface area contributed by atoms with Crippen molar-refractivity contribution in [2.24, 2.45) is 0 Å². The highest BCUT2D eigenvalue weighted by Gasteiger charge is 2.21. The third-order valence-corrected chi connectivity index (χ3v) is 4.41. The molecule has 1 aromatic carbocycles. The Kier molecular flexibility index (Phi) is 5.07. The van der Waals surface area contributed by atoms with Crippen LogP contribution in [0.4, 0.5) is 11.6 Å². The zero-order valence-corrected chi connectivity index (χ0v) is 14.5. The van der Waals surface area contributed by atoms with Gasteiger partial charge in [-0.3, -0.25) is 14.5 Å². The van der Waals surface area contributed by atoms with E-state index in [0.29, 0.717) is 31.8 Å². The molecule has 3 rings (SSSR count). The summed E-state index contributed by atoms with van der Waals surface area (Å²) in [5, 5.41) is 0. The van der Waals surface area contributed by atoms with E-state index in [9.17, 15) is 9.59 Å². The van der Waals surface area contributed by atoms with Gasteiger partial charge in [0.1, 0.15) is 5.75 Å². The minimum absolute atomic E-state index is 0.0101. The van der Waals surface area contributed by atoms with Crippen molar-refractivity contribution < 1.29 is 18.7 Å². The molecule has 2 amide bonds. The third kappa shape index (κ3) is 3.84. The summed E-state index contributed by atoms with van der Waals surface area (Å²) in [5.74, 6) is 1.44. The van der Waals surface area contributed by atoms with E-state index in [2.05, 4.69) is 0 Å². The van der Waals surface area contributed by atoms with Crippen molar-refractivity contribution in [3.8, 4) is 5.75 Å². The summed E-state index contributed by atoms with van der Waals surface area (Å²) in [5.41, 5.74) is 2.06. The molecule has 0 radical (unpaired) electrons. The molecule has 0 aliphatic carbocycles. The summed E-state index contributed by atoms with van der Waals surface area (Å²) < 4.78 is 11.0. The molecule has 6 nitrogen and oxygen atoms in total. The van der Waals surface area contributed by atoms with E-state index in [0.717, 1.165) is 23.4 Å². The van der Waals surface area contributed by atoms with E-state index in [1.807, 2.05) is 18.2 Å². The fourth-order valence-electron chi connectivity index (χ4n) is 2.89. The van der Waals surface area contributed by atoms with Gasteiger partial charge >= 0.3 is 0 Å². The van der Waals surface area contributed by atoms with Gasteiger partial charge in [0.25, 0.3) is 0 Å². The molecule has 132 valence electrons. The van der Waals surface area contributed by atoms with Gasteiger partial charge in [0.05, 0.1) is 12.9 Å². The Labute approximate surface area is 147 Å². The van der Waals surface area contributed by atoms with E-state index in [1.165, 1.54) is 4.90 Å².